The fourth-order valence-electron chi connectivity index (χ4n) is 1.30. The summed E-state index contributed by atoms with van der Waals surface area (Å²) in [5.41, 5.74) is 0.652. The Bertz CT molecular complexity index is 492. The molecule has 2 rings (SSSR count). The molecule has 0 amide bonds. The minimum absolute atomic E-state index is 0.652. The van der Waals surface area contributed by atoms with Crippen molar-refractivity contribution < 1.29 is 0 Å². The smallest absolute Gasteiger partial charge is 0.0894 e. The summed E-state index contributed by atoms with van der Waals surface area (Å²) in [6.45, 7) is 0. The Kier molecular flexibility index (Phi) is 4.26. The van der Waals surface area contributed by atoms with Crippen molar-refractivity contribution in [3.63, 3.8) is 0 Å². The molecule has 0 nitrogen and oxygen atoms in total. The van der Waals surface area contributed by atoms with Gasteiger partial charge in [0, 0.05) is 15.4 Å². The highest BCUT2D eigenvalue weighted by Crippen LogP contribution is 2.40. The van der Waals surface area contributed by atoms with Crippen LogP contribution in [0.5, 0.6) is 0 Å². The molecule has 2 aromatic rings. The van der Waals surface area contributed by atoms with Crippen LogP contribution in [0.1, 0.15) is 5.56 Å². The number of alkyl halides is 3. The van der Waals surface area contributed by atoms with Crippen LogP contribution in [0, 0.1) is 6.07 Å². The molecule has 0 spiro atoms. The molecule has 17 heavy (non-hydrogen) atoms. The predicted octanol–water partition coefficient (Wildman–Crippen LogP) is 5.46. The van der Waals surface area contributed by atoms with Crippen LogP contribution in [-0.2, 0) is 3.79 Å². The van der Waals surface area contributed by atoms with Gasteiger partial charge in [0.05, 0.1) is 0 Å². The summed E-state index contributed by atoms with van der Waals surface area (Å²) in [6, 6.07) is 18.5. The maximum Gasteiger partial charge on any atom is 0.216 e. The van der Waals surface area contributed by atoms with Crippen molar-refractivity contribution in [2.75, 3.05) is 0 Å². The van der Waals surface area contributed by atoms with Gasteiger partial charge in [-0.05, 0) is 24.3 Å². The molecular weight excluding hydrogens is 295 g/mol. The van der Waals surface area contributed by atoms with Crippen LogP contribution in [0.4, 0.5) is 0 Å². The van der Waals surface area contributed by atoms with E-state index in [1.54, 1.807) is 23.9 Å². The largest absolute Gasteiger partial charge is 0.216 e. The van der Waals surface area contributed by atoms with Crippen LogP contribution < -0.4 is 0 Å². The van der Waals surface area contributed by atoms with Gasteiger partial charge in [-0.3, -0.25) is 0 Å². The average molecular weight is 303 g/mol. The first-order valence-electron chi connectivity index (χ1n) is 4.87. The summed E-state index contributed by atoms with van der Waals surface area (Å²) in [6.07, 6.45) is 0. The van der Waals surface area contributed by atoms with E-state index in [9.17, 15) is 0 Å². The van der Waals surface area contributed by atoms with Crippen molar-refractivity contribution >= 4 is 46.6 Å². The van der Waals surface area contributed by atoms with Gasteiger partial charge in [0.15, 0.2) is 0 Å². The maximum atomic E-state index is 5.84. The van der Waals surface area contributed by atoms with Gasteiger partial charge in [-0.25, -0.2) is 0 Å². The minimum atomic E-state index is -1.39. The molecule has 0 atom stereocenters. The van der Waals surface area contributed by atoms with Gasteiger partial charge in [-0.2, -0.15) is 0 Å². The maximum absolute atomic E-state index is 5.84. The van der Waals surface area contributed by atoms with Gasteiger partial charge in [-0.1, -0.05) is 76.9 Å². The number of halogens is 3. The zero-order valence-electron chi connectivity index (χ0n) is 8.66. The second kappa shape index (κ2) is 5.53. The van der Waals surface area contributed by atoms with E-state index in [0.29, 0.717) is 5.56 Å². The Morgan fingerprint density at radius 3 is 2.35 bits per heavy atom. The monoisotopic (exact) mass is 301 g/mol. The Morgan fingerprint density at radius 1 is 1.00 bits per heavy atom. The summed E-state index contributed by atoms with van der Waals surface area (Å²) in [7, 11) is 0. The van der Waals surface area contributed by atoms with Crippen molar-refractivity contribution in [3.8, 4) is 0 Å². The molecule has 0 aromatic heterocycles. The number of hydrogen-bond donors (Lipinski definition) is 0. The van der Waals surface area contributed by atoms with E-state index in [0.717, 1.165) is 9.79 Å². The average Bonchev–Trinajstić information content (AvgIpc) is 2.29. The highest BCUT2D eigenvalue weighted by Gasteiger charge is 2.22. The third-order valence-corrected chi connectivity index (χ3v) is 3.69. The molecule has 0 unspecified atom stereocenters. The quantitative estimate of drug-likeness (QED) is 0.663. The highest BCUT2D eigenvalue weighted by atomic mass is 35.6. The molecule has 0 fully saturated rings. The van der Waals surface area contributed by atoms with Crippen LogP contribution in [0.15, 0.2) is 58.3 Å². The third kappa shape index (κ3) is 3.82. The molecule has 0 aliphatic carbocycles. The van der Waals surface area contributed by atoms with E-state index in [-0.39, 0.29) is 0 Å². The van der Waals surface area contributed by atoms with Gasteiger partial charge in [0.1, 0.15) is 0 Å². The zero-order chi connectivity index (χ0) is 12.3. The van der Waals surface area contributed by atoms with Crippen LogP contribution in [0.25, 0.3) is 0 Å². The Hall–Kier alpha value is -0.340. The van der Waals surface area contributed by atoms with Crippen LogP contribution >= 0.6 is 46.6 Å². The molecule has 2 aromatic carbocycles. The zero-order valence-corrected chi connectivity index (χ0v) is 11.7. The van der Waals surface area contributed by atoms with E-state index in [1.165, 1.54) is 0 Å². The number of rotatable bonds is 2. The summed E-state index contributed by atoms with van der Waals surface area (Å²) >= 11 is 19.1. The van der Waals surface area contributed by atoms with Gasteiger partial charge in [0.25, 0.3) is 0 Å². The minimum Gasteiger partial charge on any atom is -0.0894 e. The number of benzene rings is 2. The molecule has 0 aliphatic heterocycles. The molecule has 0 N–H and O–H groups in total. The number of hydrogen-bond acceptors (Lipinski definition) is 1. The molecule has 4 heteroatoms. The van der Waals surface area contributed by atoms with Gasteiger partial charge < -0.3 is 0 Å². The second-order valence-electron chi connectivity index (χ2n) is 3.35. The van der Waals surface area contributed by atoms with Crippen LogP contribution in [0.2, 0.25) is 0 Å². The van der Waals surface area contributed by atoms with E-state index in [4.69, 9.17) is 34.8 Å². The molecule has 87 valence electrons. The lowest BCUT2D eigenvalue weighted by Crippen LogP contribution is -1.99. The van der Waals surface area contributed by atoms with Crippen molar-refractivity contribution in [2.45, 2.75) is 13.6 Å². The first kappa shape index (κ1) is 13.1. The first-order valence-corrected chi connectivity index (χ1v) is 6.82. The molecule has 0 saturated carbocycles. The van der Waals surface area contributed by atoms with Gasteiger partial charge in [0.2, 0.25) is 3.79 Å². The van der Waals surface area contributed by atoms with Crippen LogP contribution in [0.3, 0.4) is 0 Å². The topological polar surface area (TPSA) is 0 Å². The van der Waals surface area contributed by atoms with Crippen molar-refractivity contribution in [2.24, 2.45) is 0 Å². The molecule has 0 bridgehead atoms. The Labute approximate surface area is 120 Å². The molecule has 1 radical (unpaired) electrons. The lowest BCUT2D eigenvalue weighted by molar-refractivity contribution is 1.20. The fraction of sp³-hybridized carbons (Fsp3) is 0.0769. The van der Waals surface area contributed by atoms with Crippen molar-refractivity contribution in [3.05, 3.63) is 60.2 Å². The van der Waals surface area contributed by atoms with Crippen molar-refractivity contribution in [1.29, 1.82) is 0 Å². The van der Waals surface area contributed by atoms with E-state index >= 15 is 0 Å². The summed E-state index contributed by atoms with van der Waals surface area (Å²) in [5, 5.41) is 0. The standard InChI is InChI=1S/C13H8Cl3S/c14-13(15,16)10-5-4-8-12(9-10)17-11-6-2-1-3-7-11/h1-7,9H. The summed E-state index contributed by atoms with van der Waals surface area (Å²) in [5.74, 6) is 0. The lowest BCUT2D eigenvalue weighted by Gasteiger charge is -2.12. The normalized spacial score (nSPS) is 11.5. The third-order valence-electron chi connectivity index (χ3n) is 2.07. The Morgan fingerprint density at radius 2 is 1.71 bits per heavy atom. The first-order chi connectivity index (χ1) is 8.05. The summed E-state index contributed by atoms with van der Waals surface area (Å²) < 4.78 is -1.39. The van der Waals surface area contributed by atoms with Gasteiger partial charge >= 0.3 is 0 Å². The molecular formula is C13H8Cl3S. The van der Waals surface area contributed by atoms with E-state index in [2.05, 4.69) is 6.07 Å². The van der Waals surface area contributed by atoms with E-state index in [1.807, 2.05) is 36.4 Å². The molecule has 0 heterocycles. The second-order valence-corrected chi connectivity index (χ2v) is 6.75. The molecule has 0 saturated heterocycles. The lowest BCUT2D eigenvalue weighted by atomic mass is 10.2. The van der Waals surface area contributed by atoms with Crippen molar-refractivity contribution in [1.82, 2.24) is 0 Å². The van der Waals surface area contributed by atoms with E-state index < -0.39 is 3.79 Å². The van der Waals surface area contributed by atoms with Crippen LogP contribution in [-0.4, -0.2) is 0 Å². The Balaban J connectivity index is 2.23. The molecule has 0 aliphatic rings. The highest BCUT2D eigenvalue weighted by molar-refractivity contribution is 7.99. The summed E-state index contributed by atoms with van der Waals surface area (Å²) in [4.78, 5) is 2.06. The van der Waals surface area contributed by atoms with Gasteiger partial charge in [-0.15, -0.1) is 0 Å². The SMILES string of the molecule is ClC(Cl)(Cl)c1cc[c]c(Sc2ccccc2)c1. The fourth-order valence-corrected chi connectivity index (χ4v) is 2.51. The predicted molar refractivity (Wildman–Crippen MR) is 75.1 cm³/mol.